The quantitative estimate of drug-likeness (QED) is 0.608. The minimum absolute atomic E-state index is 0.307. The number of carbonyl (C=O) groups is 2. The normalized spacial score (nSPS) is 14.2. The van der Waals surface area contributed by atoms with E-state index in [1.165, 1.54) is 18.8 Å². The number of pyridine rings is 1. The molecule has 0 radical (unpaired) electrons. The fourth-order valence-electron chi connectivity index (χ4n) is 2.96. The lowest BCUT2D eigenvalue weighted by Gasteiger charge is -2.17. The summed E-state index contributed by atoms with van der Waals surface area (Å²) >= 11 is 1.29. The summed E-state index contributed by atoms with van der Waals surface area (Å²) in [7, 11) is 1.47. The molecule has 2 heterocycles. The second-order valence-electron chi connectivity index (χ2n) is 6.63. The highest BCUT2D eigenvalue weighted by Crippen LogP contribution is 2.44. The summed E-state index contributed by atoms with van der Waals surface area (Å²) < 4.78 is 2.07. The molecule has 0 bridgehead atoms. The van der Waals surface area contributed by atoms with Crippen LogP contribution in [0.5, 0.6) is 0 Å². The van der Waals surface area contributed by atoms with Crippen LogP contribution in [0.3, 0.4) is 0 Å². The second-order valence-corrected chi connectivity index (χ2v) is 7.70. The number of rotatable bonds is 6. The fourth-order valence-corrected chi connectivity index (χ4v) is 4.06. The summed E-state index contributed by atoms with van der Waals surface area (Å²) in [6.45, 7) is 0. The molecule has 0 unspecified atom stereocenters. The number of thioether (sulfide) groups is 1. The summed E-state index contributed by atoms with van der Waals surface area (Å²) in [5.41, 5.74) is 1.66. The highest BCUT2D eigenvalue weighted by atomic mass is 32.2. The van der Waals surface area contributed by atoms with E-state index in [9.17, 15) is 9.59 Å². The number of carbonyl (C=O) groups excluding carboxylic acids is 2. The van der Waals surface area contributed by atoms with Gasteiger partial charge in [-0.3, -0.25) is 19.7 Å². The van der Waals surface area contributed by atoms with Gasteiger partial charge in [0.05, 0.1) is 0 Å². The van der Waals surface area contributed by atoms with Crippen molar-refractivity contribution in [2.45, 2.75) is 29.3 Å². The van der Waals surface area contributed by atoms with Crippen molar-refractivity contribution in [1.82, 2.24) is 30.4 Å². The molecule has 1 atom stereocenters. The highest BCUT2D eigenvalue weighted by Gasteiger charge is 2.33. The Hall–Kier alpha value is -3.20. The van der Waals surface area contributed by atoms with Crippen molar-refractivity contribution < 1.29 is 9.59 Å². The second kappa shape index (κ2) is 8.44. The van der Waals surface area contributed by atoms with Gasteiger partial charge in [0.15, 0.2) is 11.0 Å². The van der Waals surface area contributed by atoms with Crippen molar-refractivity contribution >= 4 is 23.7 Å². The monoisotopic (exact) mass is 408 g/mol. The first-order valence-electron chi connectivity index (χ1n) is 9.27. The molecule has 3 aromatic rings. The van der Waals surface area contributed by atoms with Gasteiger partial charge in [0.2, 0.25) is 5.91 Å². The van der Waals surface area contributed by atoms with Gasteiger partial charge in [0, 0.05) is 31.0 Å². The minimum atomic E-state index is -0.642. The van der Waals surface area contributed by atoms with Crippen LogP contribution >= 0.6 is 11.8 Å². The van der Waals surface area contributed by atoms with Crippen molar-refractivity contribution in [3.05, 3.63) is 60.4 Å². The molecule has 2 aromatic heterocycles. The number of benzene rings is 1. The maximum Gasteiger partial charge on any atom is 0.321 e. The molecule has 148 valence electrons. The van der Waals surface area contributed by atoms with Gasteiger partial charge in [-0.2, -0.15) is 0 Å². The number of imide groups is 1. The van der Waals surface area contributed by atoms with Crippen LogP contribution in [-0.4, -0.2) is 38.7 Å². The molecule has 1 aliphatic rings. The number of urea groups is 1. The summed E-state index contributed by atoms with van der Waals surface area (Å²) in [6, 6.07) is 12.9. The van der Waals surface area contributed by atoms with E-state index >= 15 is 0 Å². The van der Waals surface area contributed by atoms with Gasteiger partial charge < -0.3 is 5.32 Å². The number of amides is 3. The first kappa shape index (κ1) is 19.1. The van der Waals surface area contributed by atoms with Crippen molar-refractivity contribution in [1.29, 1.82) is 0 Å². The standard InChI is InChI=1S/C20H20N6O2S/c1-21-19(28)23-18(27)16(13-6-3-2-4-7-13)29-20-25-24-17(26(20)15-9-10-15)14-8-5-11-22-12-14/h2-8,11-12,15-16H,9-10H2,1H3,(H2,21,23,27,28)/t16-/m0/s1. The lowest BCUT2D eigenvalue weighted by atomic mass is 10.1. The number of aromatic nitrogens is 4. The first-order valence-corrected chi connectivity index (χ1v) is 10.1. The predicted molar refractivity (Wildman–Crippen MR) is 109 cm³/mol. The number of hydrogen-bond acceptors (Lipinski definition) is 6. The van der Waals surface area contributed by atoms with Crippen molar-refractivity contribution in [3.63, 3.8) is 0 Å². The van der Waals surface area contributed by atoms with Crippen molar-refractivity contribution in [2.24, 2.45) is 0 Å². The predicted octanol–water partition coefficient (Wildman–Crippen LogP) is 2.96. The molecule has 1 saturated carbocycles. The molecule has 1 aliphatic carbocycles. The largest absolute Gasteiger partial charge is 0.341 e. The molecule has 2 N–H and O–H groups in total. The fraction of sp³-hybridized carbons (Fsp3) is 0.250. The van der Waals surface area contributed by atoms with E-state index in [2.05, 4.69) is 30.4 Å². The number of hydrogen-bond donors (Lipinski definition) is 2. The maximum atomic E-state index is 12.8. The molecule has 0 saturated heterocycles. The topological polar surface area (TPSA) is 102 Å². The number of nitrogens with one attached hydrogen (secondary N) is 2. The SMILES string of the molecule is CNC(=O)NC(=O)[C@@H](Sc1nnc(-c2cccnc2)n1C1CC1)c1ccccc1. The lowest BCUT2D eigenvalue weighted by molar-refractivity contribution is -0.119. The third-order valence-corrected chi connectivity index (χ3v) is 5.73. The smallest absolute Gasteiger partial charge is 0.321 e. The molecule has 8 nitrogen and oxygen atoms in total. The maximum absolute atomic E-state index is 12.8. The van der Waals surface area contributed by atoms with Gasteiger partial charge in [-0.25, -0.2) is 4.79 Å². The van der Waals surface area contributed by atoms with E-state index in [-0.39, 0.29) is 0 Å². The van der Waals surface area contributed by atoms with E-state index in [1.54, 1.807) is 12.4 Å². The van der Waals surface area contributed by atoms with Crippen molar-refractivity contribution in [2.75, 3.05) is 7.05 Å². The number of nitrogens with zero attached hydrogens (tertiary/aromatic N) is 4. The van der Waals surface area contributed by atoms with E-state index in [0.717, 1.165) is 29.8 Å². The van der Waals surface area contributed by atoms with Gasteiger partial charge >= 0.3 is 6.03 Å². The van der Waals surface area contributed by atoms with Gasteiger partial charge in [0.1, 0.15) is 5.25 Å². The van der Waals surface area contributed by atoms with Gasteiger partial charge in [-0.05, 0) is 30.5 Å². The Morgan fingerprint density at radius 2 is 1.93 bits per heavy atom. The van der Waals surface area contributed by atoms with E-state index in [4.69, 9.17) is 0 Å². The molecule has 9 heteroatoms. The Morgan fingerprint density at radius 1 is 1.14 bits per heavy atom. The zero-order chi connectivity index (χ0) is 20.2. The third-order valence-electron chi connectivity index (χ3n) is 4.52. The molecule has 1 fully saturated rings. The van der Waals surface area contributed by atoms with Crippen LogP contribution in [0.1, 0.15) is 29.7 Å². The zero-order valence-corrected chi connectivity index (χ0v) is 16.6. The Labute approximate surface area is 172 Å². The summed E-state index contributed by atoms with van der Waals surface area (Å²) in [4.78, 5) is 28.7. The Balaban J connectivity index is 1.68. The molecule has 0 aliphatic heterocycles. The molecular weight excluding hydrogens is 388 g/mol. The van der Waals surface area contributed by atoms with Crippen molar-refractivity contribution in [3.8, 4) is 11.4 Å². The van der Waals surface area contributed by atoms with Crippen LogP contribution in [-0.2, 0) is 4.79 Å². The third kappa shape index (κ3) is 4.29. The summed E-state index contributed by atoms with van der Waals surface area (Å²) in [5.74, 6) is 0.329. The average Bonchev–Trinajstić information content (AvgIpc) is 3.52. The Bertz CT molecular complexity index is 1000. The lowest BCUT2D eigenvalue weighted by Crippen LogP contribution is -2.39. The summed E-state index contributed by atoms with van der Waals surface area (Å²) in [6.07, 6.45) is 5.55. The molecule has 1 aromatic carbocycles. The van der Waals surface area contributed by atoms with E-state index in [1.807, 2.05) is 42.5 Å². The summed E-state index contributed by atoms with van der Waals surface area (Å²) in [5, 5.41) is 13.5. The van der Waals surface area contributed by atoms with Gasteiger partial charge in [0.25, 0.3) is 0 Å². The molecule has 29 heavy (non-hydrogen) atoms. The molecule has 4 rings (SSSR count). The Morgan fingerprint density at radius 3 is 2.59 bits per heavy atom. The first-order chi connectivity index (χ1) is 14.2. The van der Waals surface area contributed by atoms with E-state index in [0.29, 0.717) is 11.2 Å². The van der Waals surface area contributed by atoms with Gasteiger partial charge in [-0.1, -0.05) is 42.1 Å². The minimum Gasteiger partial charge on any atom is -0.341 e. The Kier molecular flexibility index (Phi) is 5.57. The van der Waals surface area contributed by atoms with E-state index < -0.39 is 17.2 Å². The van der Waals surface area contributed by atoms with Crippen LogP contribution in [0.15, 0.2) is 60.0 Å². The van der Waals surface area contributed by atoms with Crippen LogP contribution < -0.4 is 10.6 Å². The van der Waals surface area contributed by atoms with Gasteiger partial charge in [-0.15, -0.1) is 10.2 Å². The van der Waals surface area contributed by atoms with Crippen LogP contribution in [0, 0.1) is 0 Å². The molecule has 3 amide bonds. The average molecular weight is 408 g/mol. The van der Waals surface area contributed by atoms with Crippen LogP contribution in [0.2, 0.25) is 0 Å². The van der Waals surface area contributed by atoms with Crippen LogP contribution in [0.4, 0.5) is 4.79 Å². The van der Waals surface area contributed by atoms with Crippen LogP contribution in [0.25, 0.3) is 11.4 Å². The zero-order valence-electron chi connectivity index (χ0n) is 15.8. The highest BCUT2D eigenvalue weighted by molar-refractivity contribution is 8.00. The molecule has 0 spiro atoms. The molecular formula is C20H20N6O2S.